The van der Waals surface area contributed by atoms with Crippen LogP contribution in [-0.2, 0) is 0 Å². The summed E-state index contributed by atoms with van der Waals surface area (Å²) < 4.78 is 0.990. The predicted molar refractivity (Wildman–Crippen MR) is 63.5 cm³/mol. The van der Waals surface area contributed by atoms with E-state index in [9.17, 15) is 0 Å². The van der Waals surface area contributed by atoms with Gasteiger partial charge in [-0.25, -0.2) is 0 Å². The van der Waals surface area contributed by atoms with Crippen LogP contribution in [0.15, 0.2) is 22.9 Å². The van der Waals surface area contributed by atoms with Gasteiger partial charge in [-0.05, 0) is 35.8 Å². The molecule has 0 bridgehead atoms. The van der Waals surface area contributed by atoms with E-state index in [0.717, 1.165) is 10.2 Å². The fraction of sp³-hybridized carbons (Fsp3) is 0.500. The molecule has 2 N–H and O–H groups in total. The highest BCUT2D eigenvalue weighted by Crippen LogP contribution is 2.28. The molecule has 0 aromatic carbocycles. The molecule has 0 radical (unpaired) electrons. The van der Waals surface area contributed by atoms with E-state index in [1.54, 1.807) is 12.4 Å². The van der Waals surface area contributed by atoms with Crippen molar-refractivity contribution in [2.24, 2.45) is 5.73 Å². The quantitative estimate of drug-likeness (QED) is 0.901. The number of pyridine rings is 1. The van der Waals surface area contributed by atoms with Gasteiger partial charge in [0, 0.05) is 31.5 Å². The van der Waals surface area contributed by atoms with Crippen molar-refractivity contribution in [1.29, 1.82) is 0 Å². The summed E-state index contributed by atoms with van der Waals surface area (Å²) in [4.78, 5) is 6.18. The monoisotopic (exact) mass is 257 g/mol. The van der Waals surface area contributed by atoms with Gasteiger partial charge >= 0.3 is 0 Å². The van der Waals surface area contributed by atoms with E-state index < -0.39 is 0 Å². The van der Waals surface area contributed by atoms with Crippen LogP contribution in [-0.4, -0.2) is 24.1 Å². The number of anilines is 1. The largest absolute Gasteiger partial charge is 0.367 e. The van der Waals surface area contributed by atoms with E-state index in [-0.39, 0.29) is 5.54 Å². The first-order chi connectivity index (χ1) is 6.49. The van der Waals surface area contributed by atoms with Crippen LogP contribution in [0.25, 0.3) is 0 Å². The molecular formula is C10H16BrN3. The molecule has 0 saturated heterocycles. The summed E-state index contributed by atoms with van der Waals surface area (Å²) in [5, 5.41) is 0. The third-order valence-corrected chi connectivity index (χ3v) is 3.13. The Morgan fingerprint density at radius 2 is 2.21 bits per heavy atom. The first-order valence-electron chi connectivity index (χ1n) is 4.52. The molecule has 0 aliphatic heterocycles. The van der Waals surface area contributed by atoms with Crippen molar-refractivity contribution >= 4 is 21.6 Å². The summed E-state index contributed by atoms with van der Waals surface area (Å²) in [5.41, 5.74) is 6.78. The van der Waals surface area contributed by atoms with Crippen molar-refractivity contribution in [2.45, 2.75) is 19.4 Å². The van der Waals surface area contributed by atoms with Gasteiger partial charge in [0.15, 0.2) is 0 Å². The maximum atomic E-state index is 5.72. The third kappa shape index (κ3) is 2.25. The third-order valence-electron chi connectivity index (χ3n) is 2.52. The van der Waals surface area contributed by atoms with Crippen molar-refractivity contribution in [1.82, 2.24) is 4.98 Å². The molecule has 78 valence electrons. The highest BCUT2D eigenvalue weighted by atomic mass is 79.9. The van der Waals surface area contributed by atoms with Crippen molar-refractivity contribution in [3.05, 3.63) is 22.9 Å². The molecule has 0 aliphatic carbocycles. The molecule has 14 heavy (non-hydrogen) atoms. The zero-order valence-electron chi connectivity index (χ0n) is 8.79. The molecule has 0 aliphatic rings. The van der Waals surface area contributed by atoms with Crippen LogP contribution in [0.2, 0.25) is 0 Å². The second-order valence-corrected chi connectivity index (χ2v) is 4.76. The molecule has 4 heteroatoms. The lowest BCUT2D eigenvalue weighted by Gasteiger charge is -2.36. The number of hydrogen-bond donors (Lipinski definition) is 1. The molecular weight excluding hydrogens is 242 g/mol. The molecule has 1 rings (SSSR count). The molecule has 0 unspecified atom stereocenters. The Morgan fingerprint density at radius 3 is 2.71 bits per heavy atom. The maximum Gasteiger partial charge on any atom is 0.0592 e. The van der Waals surface area contributed by atoms with Gasteiger partial charge in [-0.15, -0.1) is 0 Å². The van der Waals surface area contributed by atoms with E-state index in [2.05, 4.69) is 39.7 Å². The van der Waals surface area contributed by atoms with Crippen LogP contribution in [0.3, 0.4) is 0 Å². The van der Waals surface area contributed by atoms with Crippen molar-refractivity contribution in [3.8, 4) is 0 Å². The van der Waals surface area contributed by atoms with Crippen molar-refractivity contribution in [2.75, 3.05) is 18.5 Å². The summed E-state index contributed by atoms with van der Waals surface area (Å²) in [7, 11) is 2.03. The molecule has 0 atom stereocenters. The van der Waals surface area contributed by atoms with E-state index in [0.29, 0.717) is 6.54 Å². The van der Waals surface area contributed by atoms with E-state index >= 15 is 0 Å². The predicted octanol–water partition coefficient (Wildman–Crippen LogP) is 2.02. The van der Waals surface area contributed by atoms with Crippen LogP contribution in [0.4, 0.5) is 5.69 Å². The van der Waals surface area contributed by atoms with Gasteiger partial charge in [0.2, 0.25) is 0 Å². The highest BCUT2D eigenvalue weighted by Gasteiger charge is 2.23. The summed E-state index contributed by atoms with van der Waals surface area (Å²) in [5.74, 6) is 0. The molecule has 0 spiro atoms. The topological polar surface area (TPSA) is 42.2 Å². The second kappa shape index (κ2) is 4.28. The lowest BCUT2D eigenvalue weighted by atomic mass is 10.0. The standard InChI is InChI=1S/C10H16BrN3/c1-10(2,7-12)14(3)9-4-5-13-6-8(9)11/h4-6H,7,12H2,1-3H3. The highest BCUT2D eigenvalue weighted by molar-refractivity contribution is 9.10. The number of nitrogens with zero attached hydrogens (tertiary/aromatic N) is 2. The first kappa shape index (κ1) is 11.5. The summed E-state index contributed by atoms with van der Waals surface area (Å²) in [6.45, 7) is 4.83. The van der Waals surface area contributed by atoms with Gasteiger partial charge in [-0.3, -0.25) is 4.98 Å². The van der Waals surface area contributed by atoms with Crippen molar-refractivity contribution in [3.63, 3.8) is 0 Å². The van der Waals surface area contributed by atoms with Gasteiger partial charge in [0.05, 0.1) is 10.2 Å². The Hall–Kier alpha value is -0.610. The van der Waals surface area contributed by atoms with Gasteiger partial charge in [0.25, 0.3) is 0 Å². The summed E-state index contributed by atoms with van der Waals surface area (Å²) in [6.07, 6.45) is 3.57. The minimum atomic E-state index is -0.0517. The zero-order chi connectivity index (χ0) is 10.8. The van der Waals surface area contributed by atoms with E-state index in [1.807, 2.05) is 13.1 Å². The van der Waals surface area contributed by atoms with Crippen LogP contribution in [0.1, 0.15) is 13.8 Å². The number of nitrogens with two attached hydrogens (primary N) is 1. The van der Waals surface area contributed by atoms with Gasteiger partial charge < -0.3 is 10.6 Å². The Bertz CT molecular complexity index is 312. The lowest BCUT2D eigenvalue weighted by Crippen LogP contribution is -2.47. The number of aromatic nitrogens is 1. The Balaban J connectivity index is 3.00. The number of rotatable bonds is 3. The molecule has 3 nitrogen and oxygen atoms in total. The normalized spacial score (nSPS) is 11.5. The van der Waals surface area contributed by atoms with Gasteiger partial charge in [-0.1, -0.05) is 0 Å². The zero-order valence-corrected chi connectivity index (χ0v) is 10.4. The number of likely N-dealkylation sites (N-methyl/N-ethyl adjacent to an activating group) is 1. The molecule has 1 aromatic heterocycles. The van der Waals surface area contributed by atoms with Crippen LogP contribution in [0, 0.1) is 0 Å². The average Bonchev–Trinajstić information content (AvgIpc) is 2.17. The minimum Gasteiger partial charge on any atom is -0.367 e. The van der Waals surface area contributed by atoms with Crippen LogP contribution < -0.4 is 10.6 Å². The average molecular weight is 258 g/mol. The summed E-state index contributed by atoms with van der Waals surface area (Å²) in [6, 6.07) is 1.97. The van der Waals surface area contributed by atoms with Crippen LogP contribution >= 0.6 is 15.9 Å². The van der Waals surface area contributed by atoms with Crippen LogP contribution in [0.5, 0.6) is 0 Å². The fourth-order valence-electron chi connectivity index (χ4n) is 1.10. The second-order valence-electron chi connectivity index (χ2n) is 3.90. The maximum absolute atomic E-state index is 5.72. The van der Waals surface area contributed by atoms with E-state index in [1.165, 1.54) is 0 Å². The lowest BCUT2D eigenvalue weighted by molar-refractivity contribution is 0.498. The Kier molecular flexibility index (Phi) is 3.50. The first-order valence-corrected chi connectivity index (χ1v) is 5.32. The molecule has 1 heterocycles. The Morgan fingerprint density at radius 1 is 1.57 bits per heavy atom. The molecule has 0 saturated carbocycles. The SMILES string of the molecule is CN(c1ccncc1Br)C(C)(C)CN. The van der Waals surface area contributed by atoms with Gasteiger partial charge in [0.1, 0.15) is 0 Å². The van der Waals surface area contributed by atoms with Gasteiger partial charge in [-0.2, -0.15) is 0 Å². The molecule has 0 amide bonds. The Labute approximate surface area is 93.4 Å². The van der Waals surface area contributed by atoms with E-state index in [4.69, 9.17) is 5.73 Å². The van der Waals surface area contributed by atoms with Crippen molar-refractivity contribution < 1.29 is 0 Å². The number of halogens is 1. The summed E-state index contributed by atoms with van der Waals surface area (Å²) >= 11 is 3.47. The minimum absolute atomic E-state index is 0.0517. The fourth-order valence-corrected chi connectivity index (χ4v) is 1.62. The number of hydrogen-bond acceptors (Lipinski definition) is 3. The molecule has 1 aromatic rings. The molecule has 0 fully saturated rings. The smallest absolute Gasteiger partial charge is 0.0592 e.